The van der Waals surface area contributed by atoms with Crippen LogP contribution in [0, 0.1) is 0 Å². The van der Waals surface area contributed by atoms with Crippen molar-refractivity contribution in [2.24, 2.45) is 0 Å². The van der Waals surface area contributed by atoms with E-state index in [9.17, 15) is 14.4 Å². The van der Waals surface area contributed by atoms with Crippen molar-refractivity contribution in [2.75, 3.05) is 13.2 Å². The molecule has 0 aliphatic heterocycles. The summed E-state index contributed by atoms with van der Waals surface area (Å²) in [6.07, 6.45) is 93.2. The van der Waals surface area contributed by atoms with Crippen molar-refractivity contribution in [3.8, 4) is 0 Å². The van der Waals surface area contributed by atoms with Gasteiger partial charge in [-0.3, -0.25) is 14.4 Å². The van der Waals surface area contributed by atoms with Crippen molar-refractivity contribution in [1.82, 2.24) is 0 Å². The first kappa shape index (κ1) is 78.6. The van der Waals surface area contributed by atoms with Gasteiger partial charge in [0.1, 0.15) is 13.2 Å². The Balaban J connectivity index is 4.28. The van der Waals surface area contributed by atoms with Gasteiger partial charge < -0.3 is 14.2 Å². The molecule has 0 saturated carbocycles. The van der Waals surface area contributed by atoms with Crippen molar-refractivity contribution < 1.29 is 28.6 Å². The zero-order valence-electron chi connectivity index (χ0n) is 54.5. The van der Waals surface area contributed by atoms with Crippen LogP contribution in [0.15, 0.2) is 85.1 Å². The Morgan fingerprint density at radius 3 is 0.768 bits per heavy atom. The molecule has 0 heterocycles. The molecule has 0 amide bonds. The minimum absolute atomic E-state index is 0.0734. The summed E-state index contributed by atoms with van der Waals surface area (Å²) >= 11 is 0. The summed E-state index contributed by atoms with van der Waals surface area (Å²) in [5.74, 6) is -0.857. The van der Waals surface area contributed by atoms with Crippen LogP contribution in [-0.2, 0) is 28.6 Å². The van der Waals surface area contributed by atoms with Gasteiger partial charge in [-0.15, -0.1) is 0 Å². The topological polar surface area (TPSA) is 78.9 Å². The van der Waals surface area contributed by atoms with Gasteiger partial charge in [0.05, 0.1) is 0 Å². The molecule has 474 valence electrons. The molecule has 0 radical (unpaired) electrons. The molecule has 1 atom stereocenters. The van der Waals surface area contributed by atoms with Gasteiger partial charge in [-0.25, -0.2) is 0 Å². The first-order valence-electron chi connectivity index (χ1n) is 35.6. The Morgan fingerprint density at radius 1 is 0.256 bits per heavy atom. The molecule has 0 aromatic heterocycles. The van der Waals surface area contributed by atoms with Crippen LogP contribution >= 0.6 is 0 Å². The molecule has 0 spiro atoms. The van der Waals surface area contributed by atoms with E-state index in [1.165, 1.54) is 225 Å². The zero-order chi connectivity index (χ0) is 59.2. The molecule has 0 rings (SSSR count). The first-order chi connectivity index (χ1) is 40.5. The number of carbonyl (C=O) groups excluding carboxylic acids is 3. The fraction of sp³-hybridized carbons (Fsp3) is 0.776. The minimum Gasteiger partial charge on any atom is -0.462 e. The van der Waals surface area contributed by atoms with Crippen molar-refractivity contribution in [2.45, 2.75) is 367 Å². The highest BCUT2D eigenvalue weighted by atomic mass is 16.6. The third-order valence-electron chi connectivity index (χ3n) is 15.6. The van der Waals surface area contributed by atoms with Crippen LogP contribution in [0.5, 0.6) is 0 Å². The van der Waals surface area contributed by atoms with Gasteiger partial charge in [0, 0.05) is 19.3 Å². The summed E-state index contributed by atoms with van der Waals surface area (Å²) in [6.45, 7) is 6.55. The minimum atomic E-state index is -0.779. The standard InChI is InChI=1S/C76H134O6/c1-4-7-10-13-16-19-22-25-28-31-33-34-35-36-37-38-39-40-41-42-44-45-48-51-54-57-60-63-66-69-75(78)81-72-73(71-80-74(77)68-65-62-59-56-53-50-47-30-27-24-21-18-15-12-9-6-3)82-76(79)70-67-64-61-58-55-52-49-46-43-32-29-26-23-20-17-14-11-8-5-2/h7,10,16-17,19-20,25-26,28-29,33-34,36-37,73H,4-6,8-9,11-15,18,21-24,27,30-32,35,38-72H2,1-3H3/b10-7-,19-16-,20-17-,28-25-,29-26-,34-33-,37-36-. The molecule has 0 aliphatic carbocycles. The van der Waals surface area contributed by atoms with Crippen molar-refractivity contribution >= 4 is 17.9 Å². The number of ether oxygens (including phenoxy) is 3. The van der Waals surface area contributed by atoms with Crippen LogP contribution in [0.2, 0.25) is 0 Å². The summed E-state index contributed by atoms with van der Waals surface area (Å²) in [7, 11) is 0. The maximum atomic E-state index is 13.0. The van der Waals surface area contributed by atoms with Crippen LogP contribution < -0.4 is 0 Å². The molecule has 6 nitrogen and oxygen atoms in total. The zero-order valence-corrected chi connectivity index (χ0v) is 54.5. The first-order valence-corrected chi connectivity index (χ1v) is 35.6. The number of hydrogen-bond donors (Lipinski definition) is 0. The third-order valence-corrected chi connectivity index (χ3v) is 15.6. The number of esters is 3. The molecule has 82 heavy (non-hydrogen) atoms. The second-order valence-electron chi connectivity index (χ2n) is 23.8. The van der Waals surface area contributed by atoms with E-state index in [0.29, 0.717) is 19.3 Å². The number of carbonyl (C=O) groups is 3. The van der Waals surface area contributed by atoms with E-state index in [2.05, 4.69) is 106 Å². The van der Waals surface area contributed by atoms with E-state index in [0.717, 1.165) is 96.3 Å². The number of rotatable bonds is 65. The largest absolute Gasteiger partial charge is 0.462 e. The van der Waals surface area contributed by atoms with Crippen LogP contribution in [0.1, 0.15) is 361 Å². The second kappa shape index (κ2) is 70.1. The predicted molar refractivity (Wildman–Crippen MR) is 358 cm³/mol. The fourth-order valence-electron chi connectivity index (χ4n) is 10.3. The van der Waals surface area contributed by atoms with Gasteiger partial charge in [-0.2, -0.15) is 0 Å². The summed E-state index contributed by atoms with van der Waals surface area (Å²) in [5, 5.41) is 0. The quantitative estimate of drug-likeness (QED) is 0.0261. The van der Waals surface area contributed by atoms with E-state index in [4.69, 9.17) is 14.2 Å². The Bertz CT molecular complexity index is 1550. The van der Waals surface area contributed by atoms with E-state index in [-0.39, 0.29) is 31.1 Å². The van der Waals surface area contributed by atoms with E-state index >= 15 is 0 Å². The summed E-state index contributed by atoms with van der Waals surface area (Å²) < 4.78 is 17.0. The Hall–Kier alpha value is -3.41. The molecule has 0 bridgehead atoms. The lowest BCUT2D eigenvalue weighted by molar-refractivity contribution is -0.167. The van der Waals surface area contributed by atoms with Crippen molar-refractivity contribution in [3.63, 3.8) is 0 Å². The lowest BCUT2D eigenvalue weighted by Crippen LogP contribution is -2.30. The molecule has 0 N–H and O–H groups in total. The average molecular weight is 1140 g/mol. The van der Waals surface area contributed by atoms with Gasteiger partial charge in [0.25, 0.3) is 0 Å². The molecule has 0 aromatic rings. The van der Waals surface area contributed by atoms with Crippen LogP contribution in [0.3, 0.4) is 0 Å². The van der Waals surface area contributed by atoms with Crippen molar-refractivity contribution in [1.29, 1.82) is 0 Å². The van der Waals surface area contributed by atoms with Crippen molar-refractivity contribution in [3.05, 3.63) is 85.1 Å². The van der Waals surface area contributed by atoms with E-state index in [1.807, 2.05) is 0 Å². The summed E-state index contributed by atoms with van der Waals surface area (Å²) in [4.78, 5) is 38.5. The van der Waals surface area contributed by atoms with Gasteiger partial charge >= 0.3 is 17.9 Å². The monoisotopic (exact) mass is 1140 g/mol. The van der Waals surface area contributed by atoms with Gasteiger partial charge in [0.15, 0.2) is 6.10 Å². The molecule has 0 fully saturated rings. The molecular weight excluding hydrogens is 1010 g/mol. The Kier molecular flexibility index (Phi) is 67.2. The number of allylic oxidation sites excluding steroid dienone is 14. The molecule has 0 saturated heterocycles. The van der Waals surface area contributed by atoms with E-state index in [1.54, 1.807) is 0 Å². The van der Waals surface area contributed by atoms with E-state index < -0.39 is 6.10 Å². The second-order valence-corrected chi connectivity index (χ2v) is 23.8. The smallest absolute Gasteiger partial charge is 0.306 e. The fourth-order valence-corrected chi connectivity index (χ4v) is 10.3. The van der Waals surface area contributed by atoms with Crippen LogP contribution in [0.25, 0.3) is 0 Å². The average Bonchev–Trinajstić information content (AvgIpc) is 3.47. The number of unbranched alkanes of at least 4 members (excludes halogenated alkanes) is 40. The number of hydrogen-bond acceptors (Lipinski definition) is 6. The predicted octanol–water partition coefficient (Wildman–Crippen LogP) is 24.6. The van der Waals surface area contributed by atoms with Gasteiger partial charge in [-0.05, 0) is 96.3 Å². The highest BCUT2D eigenvalue weighted by Crippen LogP contribution is 2.18. The third kappa shape index (κ3) is 67.4. The molecule has 1 unspecified atom stereocenters. The highest BCUT2D eigenvalue weighted by molar-refractivity contribution is 5.71. The van der Waals surface area contributed by atoms with Gasteiger partial charge in [0.2, 0.25) is 0 Å². The molecule has 6 heteroatoms. The summed E-state index contributed by atoms with van der Waals surface area (Å²) in [5.41, 5.74) is 0. The normalized spacial score (nSPS) is 12.6. The lowest BCUT2D eigenvalue weighted by atomic mass is 10.0. The molecular formula is C76H134O6. The van der Waals surface area contributed by atoms with Gasteiger partial charge in [-0.1, -0.05) is 331 Å². The molecule has 0 aromatic carbocycles. The Labute approximate surface area is 509 Å². The SMILES string of the molecule is CC/C=C\C/C=C\C/C=C\C/C=C\C/C=C\CCCCCCCCCCCCCCCC(=O)OCC(COC(=O)CCCCCCCCCCCCCCCCCC)OC(=O)CCCCCCCCCCC/C=C\C/C=C\CCCCC. The lowest BCUT2D eigenvalue weighted by Gasteiger charge is -2.18. The van der Waals surface area contributed by atoms with Crippen LogP contribution in [-0.4, -0.2) is 37.2 Å². The van der Waals surface area contributed by atoms with Crippen LogP contribution in [0.4, 0.5) is 0 Å². The Morgan fingerprint density at radius 2 is 0.476 bits per heavy atom. The highest BCUT2D eigenvalue weighted by Gasteiger charge is 2.19. The molecule has 0 aliphatic rings. The maximum absolute atomic E-state index is 13.0. The maximum Gasteiger partial charge on any atom is 0.306 e. The summed E-state index contributed by atoms with van der Waals surface area (Å²) in [6, 6.07) is 0.